The number of aryl methyl sites for hydroxylation is 2. The van der Waals surface area contributed by atoms with Gasteiger partial charge in [0.25, 0.3) is 0 Å². The van der Waals surface area contributed by atoms with Crippen molar-refractivity contribution in [2.45, 2.75) is 51.9 Å². The van der Waals surface area contributed by atoms with Crippen molar-refractivity contribution in [1.82, 2.24) is 0 Å². The highest BCUT2D eigenvalue weighted by Crippen LogP contribution is 2.51. The third-order valence-corrected chi connectivity index (χ3v) is 9.66. The summed E-state index contributed by atoms with van der Waals surface area (Å²) in [6.07, 6.45) is 3.12. The predicted octanol–water partition coefficient (Wildman–Crippen LogP) is 6.53. The highest BCUT2D eigenvalue weighted by molar-refractivity contribution is 7.49. The van der Waals surface area contributed by atoms with E-state index in [0.29, 0.717) is 14.3 Å². The van der Waals surface area contributed by atoms with Crippen LogP contribution in [0.4, 0.5) is 0 Å². The third kappa shape index (κ3) is 4.91. The maximum absolute atomic E-state index is 10.9. The van der Waals surface area contributed by atoms with Crippen LogP contribution in [0.2, 0.25) is 0 Å². The maximum Gasteiger partial charge on any atom is 0.122 e. The van der Waals surface area contributed by atoms with E-state index in [4.69, 9.17) is 0 Å². The zero-order valence-electron chi connectivity index (χ0n) is 17.9. The molecule has 3 aromatic carbocycles. The van der Waals surface area contributed by atoms with E-state index in [-0.39, 0.29) is 5.16 Å². The van der Waals surface area contributed by atoms with E-state index in [9.17, 15) is 5.11 Å². The number of para-hydroxylation sites is 1. The molecule has 0 aliphatic heterocycles. The van der Waals surface area contributed by atoms with Gasteiger partial charge in [0.15, 0.2) is 0 Å². The smallest absolute Gasteiger partial charge is 0.122 e. The van der Waals surface area contributed by atoms with Crippen LogP contribution in [0.25, 0.3) is 0 Å². The summed E-state index contributed by atoms with van der Waals surface area (Å²) in [7, 11) is 1.43. The molecule has 0 spiro atoms. The molecule has 152 valence electrons. The van der Waals surface area contributed by atoms with Gasteiger partial charge < -0.3 is 5.11 Å². The lowest BCUT2D eigenvalue weighted by atomic mass is 9.90. The molecule has 0 radical (unpaired) electrons. The number of hydrogen-bond donors (Lipinski definition) is 1. The Morgan fingerprint density at radius 2 is 1.45 bits per heavy atom. The van der Waals surface area contributed by atoms with E-state index in [1.54, 1.807) is 0 Å². The van der Waals surface area contributed by atoms with Gasteiger partial charge in [-0.2, -0.15) is 0 Å². The van der Waals surface area contributed by atoms with Crippen molar-refractivity contribution < 1.29 is 5.11 Å². The first-order valence-corrected chi connectivity index (χ1v) is 12.7. The van der Waals surface area contributed by atoms with Crippen LogP contribution < -0.4 is 10.6 Å². The summed E-state index contributed by atoms with van der Waals surface area (Å²) >= 11 is 0. The molecular weight excluding hydrogens is 390 g/mol. The Balaban J connectivity index is 1.97. The minimum Gasteiger partial charge on any atom is -0.507 e. The molecule has 0 saturated heterocycles. The van der Waals surface area contributed by atoms with Crippen molar-refractivity contribution in [3.63, 3.8) is 0 Å². The van der Waals surface area contributed by atoms with Gasteiger partial charge in [-0.15, -0.1) is 0 Å². The SMILES string of the molecule is CCC(CC)(Pc1c(C)cccc1CPc1ccccc1)c1cccc(C)c1O. The van der Waals surface area contributed by atoms with E-state index in [0.717, 1.165) is 38.7 Å². The summed E-state index contributed by atoms with van der Waals surface area (Å²) in [5, 5.41) is 13.7. The Hall–Kier alpha value is -1.68. The van der Waals surface area contributed by atoms with Gasteiger partial charge in [0.1, 0.15) is 5.75 Å². The van der Waals surface area contributed by atoms with E-state index < -0.39 is 0 Å². The molecule has 2 unspecified atom stereocenters. The van der Waals surface area contributed by atoms with E-state index in [2.05, 4.69) is 81.4 Å². The lowest BCUT2D eigenvalue weighted by Crippen LogP contribution is -2.24. The van der Waals surface area contributed by atoms with Crippen molar-refractivity contribution in [1.29, 1.82) is 0 Å². The topological polar surface area (TPSA) is 20.2 Å². The van der Waals surface area contributed by atoms with Gasteiger partial charge in [-0.05, 0) is 60.2 Å². The van der Waals surface area contributed by atoms with E-state index >= 15 is 0 Å². The van der Waals surface area contributed by atoms with Crippen LogP contribution in [0.15, 0.2) is 66.7 Å². The molecule has 0 aromatic heterocycles. The van der Waals surface area contributed by atoms with Crippen LogP contribution in [0, 0.1) is 13.8 Å². The fourth-order valence-electron chi connectivity index (χ4n) is 3.97. The number of benzene rings is 3. The molecule has 1 N–H and O–H groups in total. The van der Waals surface area contributed by atoms with Gasteiger partial charge in [-0.3, -0.25) is 0 Å². The summed E-state index contributed by atoms with van der Waals surface area (Å²) in [4.78, 5) is 0. The first kappa shape index (κ1) is 22.0. The number of hydrogen-bond acceptors (Lipinski definition) is 1. The molecule has 2 atom stereocenters. The molecular formula is C26H32OP2. The molecule has 0 saturated carbocycles. The Bertz CT molecular complexity index is 946. The molecule has 3 rings (SSSR count). The van der Waals surface area contributed by atoms with Gasteiger partial charge in [0.05, 0.1) is 0 Å². The predicted molar refractivity (Wildman–Crippen MR) is 132 cm³/mol. The van der Waals surface area contributed by atoms with Crippen LogP contribution in [0.3, 0.4) is 0 Å². The summed E-state index contributed by atoms with van der Waals surface area (Å²) < 4.78 is 0. The first-order valence-electron chi connectivity index (χ1n) is 10.5. The standard InChI is InChI=1S/C26H32OP2/c1-5-26(6-2,23-17-11-12-19(3)24(23)27)29-25-20(4)13-10-14-21(25)18-28-22-15-8-7-9-16-22/h7-17,27-29H,5-6,18H2,1-4H3. The molecule has 0 aliphatic rings. The molecule has 29 heavy (non-hydrogen) atoms. The van der Waals surface area contributed by atoms with Gasteiger partial charge in [-0.1, -0.05) is 97.7 Å². The van der Waals surface area contributed by atoms with Crippen LogP contribution in [0.1, 0.15) is 48.9 Å². The monoisotopic (exact) mass is 422 g/mol. The van der Waals surface area contributed by atoms with Crippen LogP contribution >= 0.6 is 17.2 Å². The zero-order valence-corrected chi connectivity index (χ0v) is 19.9. The minimum atomic E-state index is -0.0210. The summed E-state index contributed by atoms with van der Waals surface area (Å²) in [6, 6.07) is 23.7. The zero-order chi connectivity index (χ0) is 20.9. The fraction of sp³-hybridized carbons (Fsp3) is 0.308. The molecule has 1 nitrogen and oxygen atoms in total. The van der Waals surface area contributed by atoms with Crippen LogP contribution in [-0.4, -0.2) is 5.11 Å². The fourth-order valence-corrected chi connectivity index (χ4v) is 7.04. The largest absolute Gasteiger partial charge is 0.507 e. The molecule has 3 heteroatoms. The minimum absolute atomic E-state index is 0.0210. The summed E-state index contributed by atoms with van der Waals surface area (Å²) in [6.45, 7) is 8.77. The third-order valence-electron chi connectivity index (χ3n) is 5.94. The molecule has 0 amide bonds. The quantitative estimate of drug-likeness (QED) is 0.409. The van der Waals surface area contributed by atoms with Gasteiger partial charge in [-0.25, -0.2) is 0 Å². The summed E-state index contributed by atoms with van der Waals surface area (Å²) in [5.41, 5.74) is 4.91. The lowest BCUT2D eigenvalue weighted by molar-refractivity contribution is 0.444. The van der Waals surface area contributed by atoms with Crippen molar-refractivity contribution in [3.05, 3.63) is 89.0 Å². The number of phenols is 1. The van der Waals surface area contributed by atoms with Crippen LogP contribution in [0.5, 0.6) is 5.75 Å². The van der Waals surface area contributed by atoms with Gasteiger partial charge in [0.2, 0.25) is 0 Å². The average molecular weight is 422 g/mol. The van der Waals surface area contributed by atoms with Gasteiger partial charge in [0, 0.05) is 10.7 Å². The second-order valence-electron chi connectivity index (χ2n) is 7.71. The van der Waals surface area contributed by atoms with Crippen molar-refractivity contribution in [3.8, 4) is 5.75 Å². The first-order chi connectivity index (χ1) is 14.0. The molecule has 0 heterocycles. The van der Waals surface area contributed by atoms with Gasteiger partial charge >= 0.3 is 0 Å². The van der Waals surface area contributed by atoms with Crippen molar-refractivity contribution >= 4 is 27.8 Å². The Kier molecular flexibility index (Phi) is 7.50. The molecule has 0 aliphatic carbocycles. The second-order valence-corrected chi connectivity index (χ2v) is 10.7. The normalized spacial score (nSPS) is 12.4. The van der Waals surface area contributed by atoms with E-state index in [1.807, 2.05) is 13.0 Å². The highest BCUT2D eigenvalue weighted by Gasteiger charge is 2.33. The van der Waals surface area contributed by atoms with Crippen LogP contribution in [-0.2, 0) is 11.3 Å². The Morgan fingerprint density at radius 1 is 0.793 bits per heavy atom. The lowest BCUT2D eigenvalue weighted by Gasteiger charge is -2.35. The maximum atomic E-state index is 10.9. The highest BCUT2D eigenvalue weighted by atomic mass is 31.1. The number of rotatable bonds is 8. The molecule has 3 aromatic rings. The molecule has 0 bridgehead atoms. The second kappa shape index (κ2) is 9.88. The van der Waals surface area contributed by atoms with Crippen molar-refractivity contribution in [2.24, 2.45) is 0 Å². The Morgan fingerprint density at radius 3 is 2.14 bits per heavy atom. The number of phenolic OH excluding ortho intramolecular Hbond substituents is 1. The number of aromatic hydroxyl groups is 1. The average Bonchev–Trinajstić information content (AvgIpc) is 2.75. The van der Waals surface area contributed by atoms with E-state index in [1.165, 1.54) is 21.7 Å². The Labute approximate surface area is 179 Å². The van der Waals surface area contributed by atoms with Crippen molar-refractivity contribution in [2.75, 3.05) is 0 Å². The molecule has 0 fully saturated rings. The summed E-state index contributed by atoms with van der Waals surface area (Å²) in [5.74, 6) is 0.477.